The number of nitrogens with one attached hydrogen (secondary N) is 2. The average molecular weight is 346 g/mol. The van der Waals surface area contributed by atoms with Gasteiger partial charge in [0, 0.05) is 29.4 Å². The van der Waals surface area contributed by atoms with Gasteiger partial charge in [-0.3, -0.25) is 19.7 Å². The number of anilines is 1. The summed E-state index contributed by atoms with van der Waals surface area (Å²) in [6.07, 6.45) is 0. The van der Waals surface area contributed by atoms with Crippen LogP contribution >= 0.6 is 11.6 Å². The van der Waals surface area contributed by atoms with E-state index >= 15 is 0 Å². The van der Waals surface area contributed by atoms with Crippen LogP contribution in [0, 0.1) is 0 Å². The second-order valence-electron chi connectivity index (χ2n) is 5.64. The third kappa shape index (κ3) is 3.73. The Morgan fingerprint density at radius 3 is 2.83 bits per heavy atom. The van der Waals surface area contributed by atoms with Crippen LogP contribution in [0.3, 0.4) is 0 Å². The van der Waals surface area contributed by atoms with Gasteiger partial charge in [-0.2, -0.15) is 0 Å². The van der Waals surface area contributed by atoms with Crippen LogP contribution in [0.25, 0.3) is 0 Å². The summed E-state index contributed by atoms with van der Waals surface area (Å²) >= 11 is 6.01. The average Bonchev–Trinajstić information content (AvgIpc) is 2.70. The van der Waals surface area contributed by atoms with Crippen molar-refractivity contribution in [2.75, 3.05) is 11.9 Å². The molecule has 3 N–H and O–H groups in total. The molecule has 0 atom stereocenters. The number of hydroxylamine groups is 1. The first-order valence-electron chi connectivity index (χ1n) is 7.39. The lowest BCUT2D eigenvalue weighted by Gasteiger charge is -2.19. The molecule has 24 heavy (non-hydrogen) atoms. The van der Waals surface area contributed by atoms with E-state index in [1.54, 1.807) is 29.7 Å². The fourth-order valence-corrected chi connectivity index (χ4v) is 2.96. The van der Waals surface area contributed by atoms with Crippen LogP contribution in [0.15, 0.2) is 42.5 Å². The summed E-state index contributed by atoms with van der Waals surface area (Å²) in [6, 6.07) is 12.4. The van der Waals surface area contributed by atoms with Crippen molar-refractivity contribution in [3.05, 3.63) is 64.2 Å². The summed E-state index contributed by atoms with van der Waals surface area (Å²) in [4.78, 5) is 25.6. The van der Waals surface area contributed by atoms with Crippen molar-refractivity contribution in [1.29, 1.82) is 0 Å². The molecule has 0 saturated heterocycles. The lowest BCUT2D eigenvalue weighted by Crippen LogP contribution is -2.29. The fraction of sp³-hybridized carbons (Fsp3) is 0.176. The van der Waals surface area contributed by atoms with E-state index in [0.717, 1.165) is 11.1 Å². The molecule has 1 heterocycles. The van der Waals surface area contributed by atoms with Crippen molar-refractivity contribution >= 4 is 29.1 Å². The van der Waals surface area contributed by atoms with Crippen molar-refractivity contribution in [3.8, 4) is 0 Å². The predicted octanol–water partition coefficient (Wildman–Crippen LogP) is 2.41. The Hall–Kier alpha value is -2.41. The molecule has 0 aliphatic carbocycles. The van der Waals surface area contributed by atoms with E-state index in [-0.39, 0.29) is 12.5 Å². The molecular weight excluding hydrogens is 330 g/mol. The number of rotatable bonds is 3. The molecule has 0 aromatic heterocycles. The molecule has 2 amide bonds. The Bertz CT molecular complexity index is 794. The molecule has 2 aromatic rings. The summed E-state index contributed by atoms with van der Waals surface area (Å²) in [7, 11) is 0. The number of benzene rings is 2. The number of carbonyl (C=O) groups excluding carboxylic acids is 2. The number of hydrogen-bond donors (Lipinski definition) is 3. The minimum absolute atomic E-state index is 0.116. The van der Waals surface area contributed by atoms with E-state index in [4.69, 9.17) is 16.8 Å². The van der Waals surface area contributed by atoms with Gasteiger partial charge in [0.15, 0.2) is 0 Å². The second kappa shape index (κ2) is 7.00. The van der Waals surface area contributed by atoms with Crippen LogP contribution in [0.1, 0.15) is 21.5 Å². The maximum atomic E-state index is 12.1. The summed E-state index contributed by atoms with van der Waals surface area (Å²) in [5, 5.41) is 12.3. The minimum atomic E-state index is -0.588. The Morgan fingerprint density at radius 1 is 1.25 bits per heavy atom. The lowest BCUT2D eigenvalue weighted by molar-refractivity contribution is -0.117. The summed E-state index contributed by atoms with van der Waals surface area (Å²) in [5.74, 6) is -0.704. The van der Waals surface area contributed by atoms with Crippen molar-refractivity contribution < 1.29 is 14.8 Å². The van der Waals surface area contributed by atoms with Crippen LogP contribution in [-0.4, -0.2) is 28.5 Å². The number of nitrogens with zero attached hydrogens (tertiary/aromatic N) is 1. The first kappa shape index (κ1) is 16.4. The zero-order chi connectivity index (χ0) is 17.1. The number of hydrogen-bond acceptors (Lipinski definition) is 4. The van der Waals surface area contributed by atoms with Crippen molar-refractivity contribution in [3.63, 3.8) is 0 Å². The van der Waals surface area contributed by atoms with Crippen LogP contribution < -0.4 is 10.8 Å². The molecule has 0 saturated carbocycles. The van der Waals surface area contributed by atoms with Crippen LogP contribution in [0.4, 0.5) is 5.69 Å². The SMILES string of the molecule is O=C1CN(Cc2cccc(Cl)c2)Cc2cc(C(=O)NO)ccc2N1. The topological polar surface area (TPSA) is 81.7 Å². The number of fused-ring (bicyclic) bond motifs is 1. The van der Waals surface area contributed by atoms with Crippen molar-refractivity contribution in [2.24, 2.45) is 0 Å². The normalized spacial score (nSPS) is 14.5. The van der Waals surface area contributed by atoms with Gasteiger partial charge in [0.2, 0.25) is 5.91 Å². The van der Waals surface area contributed by atoms with E-state index in [9.17, 15) is 9.59 Å². The van der Waals surface area contributed by atoms with Crippen molar-refractivity contribution in [2.45, 2.75) is 13.1 Å². The van der Waals surface area contributed by atoms with E-state index in [0.29, 0.717) is 29.4 Å². The van der Waals surface area contributed by atoms with Crippen LogP contribution in [-0.2, 0) is 17.9 Å². The fourth-order valence-electron chi connectivity index (χ4n) is 2.75. The smallest absolute Gasteiger partial charge is 0.274 e. The van der Waals surface area contributed by atoms with E-state index in [2.05, 4.69) is 5.32 Å². The maximum Gasteiger partial charge on any atom is 0.274 e. The Balaban J connectivity index is 1.86. The number of halogens is 1. The highest BCUT2D eigenvalue weighted by molar-refractivity contribution is 6.30. The first-order valence-corrected chi connectivity index (χ1v) is 7.77. The van der Waals surface area contributed by atoms with Crippen molar-refractivity contribution in [1.82, 2.24) is 10.4 Å². The van der Waals surface area contributed by atoms with Gasteiger partial charge in [-0.1, -0.05) is 23.7 Å². The van der Waals surface area contributed by atoms with Gasteiger partial charge < -0.3 is 5.32 Å². The third-order valence-corrected chi connectivity index (χ3v) is 4.03. The highest BCUT2D eigenvalue weighted by Crippen LogP contribution is 2.24. The highest BCUT2D eigenvalue weighted by atomic mass is 35.5. The second-order valence-corrected chi connectivity index (χ2v) is 6.07. The molecule has 1 aliphatic rings. The van der Waals surface area contributed by atoms with E-state index < -0.39 is 5.91 Å². The molecule has 0 spiro atoms. The Labute approximate surface area is 144 Å². The molecule has 124 valence electrons. The third-order valence-electron chi connectivity index (χ3n) is 3.80. The Kier molecular flexibility index (Phi) is 4.80. The van der Waals surface area contributed by atoms with Gasteiger partial charge in [-0.25, -0.2) is 5.48 Å². The lowest BCUT2D eigenvalue weighted by atomic mass is 10.1. The quantitative estimate of drug-likeness (QED) is 0.589. The molecule has 0 fully saturated rings. The van der Waals surface area contributed by atoms with Gasteiger partial charge in [-0.05, 0) is 41.5 Å². The molecule has 6 nitrogen and oxygen atoms in total. The minimum Gasteiger partial charge on any atom is -0.325 e. The largest absolute Gasteiger partial charge is 0.325 e. The zero-order valence-electron chi connectivity index (χ0n) is 12.8. The monoisotopic (exact) mass is 345 g/mol. The standard InChI is InChI=1S/C17H16ClN3O3/c18-14-3-1-2-11(6-14)8-21-9-13-7-12(17(23)20-24)4-5-15(13)19-16(22)10-21/h1-7,24H,8-10H2,(H,19,22)(H,20,23). The van der Waals surface area contributed by atoms with Crippen LogP contribution in [0.5, 0.6) is 0 Å². The number of carbonyl (C=O) groups is 2. The molecule has 1 aliphatic heterocycles. The molecule has 7 heteroatoms. The summed E-state index contributed by atoms with van der Waals surface area (Å²) in [5.41, 5.74) is 4.43. The van der Waals surface area contributed by atoms with Gasteiger partial charge in [0.05, 0.1) is 6.54 Å². The van der Waals surface area contributed by atoms with Crippen LogP contribution in [0.2, 0.25) is 5.02 Å². The summed E-state index contributed by atoms with van der Waals surface area (Å²) < 4.78 is 0. The molecule has 0 radical (unpaired) electrons. The molecule has 3 rings (SSSR count). The molecular formula is C17H16ClN3O3. The van der Waals surface area contributed by atoms with Gasteiger partial charge >= 0.3 is 0 Å². The predicted molar refractivity (Wildman–Crippen MR) is 89.9 cm³/mol. The highest BCUT2D eigenvalue weighted by Gasteiger charge is 2.20. The van der Waals surface area contributed by atoms with Gasteiger partial charge in [0.25, 0.3) is 5.91 Å². The molecule has 0 unspecified atom stereocenters. The molecule has 0 bridgehead atoms. The summed E-state index contributed by atoms with van der Waals surface area (Å²) in [6.45, 7) is 1.29. The zero-order valence-corrected chi connectivity index (χ0v) is 13.5. The first-order chi connectivity index (χ1) is 11.5. The van der Waals surface area contributed by atoms with Gasteiger partial charge in [0.1, 0.15) is 0 Å². The van der Waals surface area contributed by atoms with E-state index in [1.807, 2.05) is 23.1 Å². The maximum absolute atomic E-state index is 12.1. The number of amides is 2. The van der Waals surface area contributed by atoms with E-state index in [1.165, 1.54) is 0 Å². The Morgan fingerprint density at radius 2 is 2.08 bits per heavy atom. The van der Waals surface area contributed by atoms with Gasteiger partial charge in [-0.15, -0.1) is 0 Å². The molecule has 2 aromatic carbocycles.